The number of phosphoric ester groups is 1. The van der Waals surface area contributed by atoms with Crippen LogP contribution in [0.4, 0.5) is 0 Å². The Labute approximate surface area is 393 Å². The molecule has 0 spiro atoms. The van der Waals surface area contributed by atoms with Gasteiger partial charge in [-0.2, -0.15) is 0 Å². The second-order valence-corrected chi connectivity index (χ2v) is 17.7. The van der Waals surface area contributed by atoms with Crippen LogP contribution in [0.2, 0.25) is 0 Å². The molecule has 0 rings (SSSR count). The molecule has 0 aromatic heterocycles. The predicted octanol–water partition coefficient (Wildman–Crippen LogP) is 16.0. The van der Waals surface area contributed by atoms with Crippen LogP contribution < -0.4 is 5.73 Å². The van der Waals surface area contributed by atoms with Crippen molar-refractivity contribution >= 4 is 13.8 Å². The van der Waals surface area contributed by atoms with Gasteiger partial charge in [0.2, 0.25) is 0 Å². The second kappa shape index (κ2) is 51.1. The third-order valence-corrected chi connectivity index (χ3v) is 11.2. The van der Waals surface area contributed by atoms with E-state index in [1.807, 2.05) is 0 Å². The number of carbonyl (C=O) groups excluding carboxylic acids is 1. The topological polar surface area (TPSA) is 117 Å². The van der Waals surface area contributed by atoms with Gasteiger partial charge < -0.3 is 20.1 Å². The lowest BCUT2D eigenvalue weighted by Gasteiger charge is -2.20. The average Bonchev–Trinajstić information content (AvgIpc) is 3.29. The largest absolute Gasteiger partial charge is 0.472 e. The van der Waals surface area contributed by atoms with Crippen molar-refractivity contribution in [3.63, 3.8) is 0 Å². The van der Waals surface area contributed by atoms with Crippen LogP contribution in [0.5, 0.6) is 0 Å². The molecule has 0 amide bonds. The zero-order valence-corrected chi connectivity index (χ0v) is 41.6. The first-order valence-electron chi connectivity index (χ1n) is 25.4. The molecule has 0 aromatic carbocycles. The van der Waals surface area contributed by atoms with Gasteiger partial charge in [0.1, 0.15) is 6.10 Å². The maximum atomic E-state index is 12.7. The minimum Gasteiger partial charge on any atom is -0.457 e. The molecule has 0 aliphatic heterocycles. The molecule has 0 aliphatic carbocycles. The van der Waals surface area contributed by atoms with E-state index in [0.717, 1.165) is 109 Å². The normalized spacial score (nSPS) is 14.2. The van der Waals surface area contributed by atoms with Gasteiger partial charge in [-0.05, 0) is 103 Å². The molecular formula is C55H94NO7P. The molecule has 64 heavy (non-hydrogen) atoms. The van der Waals surface area contributed by atoms with E-state index in [2.05, 4.69) is 123 Å². The molecule has 0 heterocycles. The lowest BCUT2D eigenvalue weighted by Crippen LogP contribution is -2.28. The van der Waals surface area contributed by atoms with Crippen molar-refractivity contribution in [3.8, 4) is 0 Å². The van der Waals surface area contributed by atoms with Crippen LogP contribution in [0, 0.1) is 0 Å². The second-order valence-electron chi connectivity index (χ2n) is 16.3. The van der Waals surface area contributed by atoms with Crippen LogP contribution in [0.15, 0.2) is 109 Å². The Bertz CT molecular complexity index is 1350. The fourth-order valence-electron chi connectivity index (χ4n) is 6.48. The van der Waals surface area contributed by atoms with Gasteiger partial charge >= 0.3 is 13.8 Å². The third kappa shape index (κ3) is 50.2. The predicted molar refractivity (Wildman–Crippen MR) is 274 cm³/mol. The van der Waals surface area contributed by atoms with Crippen LogP contribution in [0.1, 0.15) is 194 Å². The third-order valence-electron chi connectivity index (χ3n) is 10.2. The summed E-state index contributed by atoms with van der Waals surface area (Å²) in [6.07, 6.45) is 69.7. The van der Waals surface area contributed by atoms with E-state index in [9.17, 15) is 14.3 Å². The van der Waals surface area contributed by atoms with Crippen molar-refractivity contribution in [1.29, 1.82) is 0 Å². The zero-order chi connectivity index (χ0) is 46.5. The number of nitrogens with two attached hydrogens (primary N) is 1. The molecular weight excluding hydrogens is 818 g/mol. The Hall–Kier alpha value is -2.84. The first kappa shape index (κ1) is 61.2. The van der Waals surface area contributed by atoms with Crippen molar-refractivity contribution in [3.05, 3.63) is 109 Å². The molecule has 0 radical (unpaired) electrons. The van der Waals surface area contributed by atoms with E-state index in [0.29, 0.717) is 6.61 Å². The number of rotatable bonds is 47. The number of carbonyl (C=O) groups is 1. The van der Waals surface area contributed by atoms with E-state index >= 15 is 0 Å². The highest BCUT2D eigenvalue weighted by Crippen LogP contribution is 2.43. The van der Waals surface area contributed by atoms with Gasteiger partial charge in [0.25, 0.3) is 0 Å². The molecule has 0 aromatic rings. The van der Waals surface area contributed by atoms with Crippen LogP contribution in [-0.2, 0) is 27.9 Å². The van der Waals surface area contributed by atoms with E-state index in [-0.39, 0.29) is 38.8 Å². The Morgan fingerprint density at radius 3 is 1.31 bits per heavy atom. The summed E-state index contributed by atoms with van der Waals surface area (Å²) >= 11 is 0. The highest BCUT2D eigenvalue weighted by molar-refractivity contribution is 7.47. The molecule has 0 saturated carbocycles. The van der Waals surface area contributed by atoms with Gasteiger partial charge in [-0.3, -0.25) is 13.8 Å². The number of hydrogen-bond donors (Lipinski definition) is 2. The summed E-state index contributed by atoms with van der Waals surface area (Å²) in [4.78, 5) is 22.6. The van der Waals surface area contributed by atoms with Crippen LogP contribution in [0.3, 0.4) is 0 Å². The summed E-state index contributed by atoms with van der Waals surface area (Å²) in [7, 11) is -4.30. The van der Waals surface area contributed by atoms with Gasteiger partial charge in [0.05, 0.1) is 19.8 Å². The fraction of sp³-hybridized carbons (Fsp3) is 0.655. The van der Waals surface area contributed by atoms with Gasteiger partial charge in [-0.15, -0.1) is 0 Å². The molecule has 0 fully saturated rings. The molecule has 0 saturated heterocycles. The standard InChI is InChI=1S/C55H94NO7P/c1-3-5-7-9-11-13-15-17-19-21-23-25-27-28-30-32-34-36-38-40-42-44-46-48-55(57)63-54(53-62-64(58,59)61-51-49-56)52-60-50-47-45-43-41-39-37-35-33-31-29-26-24-22-20-18-16-14-12-10-8-6-4-2/h5,7,11,13,16-19,22-25,28-31,34,36,54H,3-4,6,8-10,12,14-15,20-21,26-27,32-33,35,37-53,56H2,1-2H3,(H,58,59)/b7-5-,13-11-,18-16-,19-17-,24-22-,25-23-,30-28-,31-29-,36-34-. The molecule has 2 atom stereocenters. The summed E-state index contributed by atoms with van der Waals surface area (Å²) in [6, 6.07) is 0. The van der Waals surface area contributed by atoms with E-state index in [4.69, 9.17) is 24.3 Å². The Kier molecular flexibility index (Phi) is 48.9. The number of ether oxygens (including phenoxy) is 2. The number of hydrogen-bond acceptors (Lipinski definition) is 7. The van der Waals surface area contributed by atoms with Crippen molar-refractivity contribution in [2.24, 2.45) is 5.73 Å². The summed E-state index contributed by atoms with van der Waals surface area (Å²) in [5, 5.41) is 0. The lowest BCUT2D eigenvalue weighted by molar-refractivity contribution is -0.154. The molecule has 8 nitrogen and oxygen atoms in total. The summed E-state index contributed by atoms with van der Waals surface area (Å²) in [6.45, 7) is 4.72. The van der Waals surface area contributed by atoms with Gasteiger partial charge in [0, 0.05) is 19.6 Å². The highest BCUT2D eigenvalue weighted by atomic mass is 31.2. The quantitative estimate of drug-likeness (QED) is 0.0268. The van der Waals surface area contributed by atoms with Crippen LogP contribution in [0.25, 0.3) is 0 Å². The summed E-state index contributed by atoms with van der Waals surface area (Å²) in [5.41, 5.74) is 5.39. The van der Waals surface area contributed by atoms with Gasteiger partial charge in [0.15, 0.2) is 0 Å². The highest BCUT2D eigenvalue weighted by Gasteiger charge is 2.25. The van der Waals surface area contributed by atoms with E-state index in [1.165, 1.54) is 64.2 Å². The molecule has 0 aliphatic rings. The summed E-state index contributed by atoms with van der Waals surface area (Å²) < 4.78 is 33.5. The van der Waals surface area contributed by atoms with Crippen LogP contribution in [-0.4, -0.2) is 49.9 Å². The molecule has 366 valence electrons. The first-order valence-corrected chi connectivity index (χ1v) is 26.9. The Morgan fingerprint density at radius 2 is 0.875 bits per heavy atom. The average molecular weight is 912 g/mol. The van der Waals surface area contributed by atoms with Crippen molar-refractivity contribution in [2.75, 3.05) is 33.0 Å². The SMILES string of the molecule is CC/C=C\C/C=C\C/C=C\C/C=C\C/C=C\C/C=C\CCCCCCC(=O)OC(COCCCCCCCCC/C=C\C/C=C\C/C=C\CCCCCCC)COP(=O)(O)OCCN. The smallest absolute Gasteiger partial charge is 0.457 e. The lowest BCUT2D eigenvalue weighted by atomic mass is 10.1. The Balaban J connectivity index is 4.08. The first-order chi connectivity index (χ1) is 31.4. The molecule has 2 unspecified atom stereocenters. The van der Waals surface area contributed by atoms with E-state index in [1.54, 1.807) is 0 Å². The monoisotopic (exact) mass is 912 g/mol. The number of esters is 1. The number of allylic oxidation sites excluding steroid dienone is 18. The van der Waals surface area contributed by atoms with Gasteiger partial charge in [-0.1, -0.05) is 194 Å². The molecule has 3 N–H and O–H groups in total. The minimum absolute atomic E-state index is 0.0875. The van der Waals surface area contributed by atoms with Crippen molar-refractivity contribution in [2.45, 2.75) is 200 Å². The number of phosphoric acid groups is 1. The van der Waals surface area contributed by atoms with Crippen LogP contribution >= 0.6 is 7.82 Å². The van der Waals surface area contributed by atoms with Crippen molar-refractivity contribution in [1.82, 2.24) is 0 Å². The maximum absolute atomic E-state index is 12.7. The maximum Gasteiger partial charge on any atom is 0.472 e. The zero-order valence-electron chi connectivity index (χ0n) is 40.7. The molecule has 9 heteroatoms. The van der Waals surface area contributed by atoms with E-state index < -0.39 is 13.9 Å². The fourth-order valence-corrected chi connectivity index (χ4v) is 7.24. The Morgan fingerprint density at radius 1 is 0.484 bits per heavy atom. The minimum atomic E-state index is -4.30. The summed E-state index contributed by atoms with van der Waals surface area (Å²) in [5.74, 6) is -0.362. The van der Waals surface area contributed by atoms with Crippen molar-refractivity contribution < 1.29 is 32.8 Å². The number of unbranched alkanes of at least 4 members (excludes halogenated alkanes) is 16. The van der Waals surface area contributed by atoms with Gasteiger partial charge in [-0.25, -0.2) is 4.57 Å². The molecule has 0 bridgehead atoms.